The van der Waals surface area contributed by atoms with Crippen LogP contribution in [0.15, 0.2) is 30.3 Å². The molecule has 1 saturated heterocycles. The van der Waals surface area contributed by atoms with E-state index in [1.807, 2.05) is 18.2 Å². The van der Waals surface area contributed by atoms with E-state index in [4.69, 9.17) is 5.11 Å². The second-order valence-corrected chi connectivity index (χ2v) is 4.72. The molecule has 1 aliphatic heterocycles. The number of carbonyl (C=O) groups is 2. The van der Waals surface area contributed by atoms with E-state index in [-0.39, 0.29) is 18.2 Å². The fourth-order valence-corrected chi connectivity index (χ4v) is 2.43. The van der Waals surface area contributed by atoms with E-state index in [1.54, 1.807) is 17.0 Å². The molecule has 1 heterocycles. The second-order valence-electron chi connectivity index (χ2n) is 4.72. The summed E-state index contributed by atoms with van der Waals surface area (Å²) in [4.78, 5) is 24.7. The molecular formula is C14H17NO3. The molecule has 18 heavy (non-hydrogen) atoms. The maximum atomic E-state index is 12.2. The molecule has 0 bridgehead atoms. The first-order valence-corrected chi connectivity index (χ1v) is 6.23. The number of hydrogen-bond acceptors (Lipinski definition) is 2. The summed E-state index contributed by atoms with van der Waals surface area (Å²) in [5.74, 6) is -0.691. The molecule has 1 amide bonds. The molecule has 2 rings (SSSR count). The van der Waals surface area contributed by atoms with Crippen LogP contribution in [0.2, 0.25) is 0 Å². The molecule has 1 fully saturated rings. The molecule has 0 spiro atoms. The summed E-state index contributed by atoms with van der Waals surface area (Å²) in [7, 11) is 0. The maximum absolute atomic E-state index is 12.2. The third-order valence-corrected chi connectivity index (χ3v) is 3.29. The van der Waals surface area contributed by atoms with Crippen molar-refractivity contribution in [2.24, 2.45) is 5.92 Å². The predicted octanol–water partition coefficient (Wildman–Crippen LogP) is 2.01. The van der Waals surface area contributed by atoms with Crippen molar-refractivity contribution in [2.75, 3.05) is 13.1 Å². The lowest BCUT2D eigenvalue weighted by atomic mass is 9.94. The molecule has 1 aromatic carbocycles. The molecule has 1 atom stereocenters. The highest BCUT2D eigenvalue weighted by Crippen LogP contribution is 2.21. The monoisotopic (exact) mass is 247 g/mol. The topological polar surface area (TPSA) is 57.6 Å². The second kappa shape index (κ2) is 5.67. The van der Waals surface area contributed by atoms with Gasteiger partial charge in [-0.2, -0.15) is 0 Å². The summed E-state index contributed by atoms with van der Waals surface area (Å²) < 4.78 is 0. The summed E-state index contributed by atoms with van der Waals surface area (Å²) >= 11 is 0. The van der Waals surface area contributed by atoms with Crippen LogP contribution in [0.5, 0.6) is 0 Å². The van der Waals surface area contributed by atoms with Crippen LogP contribution >= 0.6 is 0 Å². The molecular weight excluding hydrogens is 230 g/mol. The van der Waals surface area contributed by atoms with Crippen molar-refractivity contribution >= 4 is 11.9 Å². The normalized spacial score (nSPS) is 19.6. The van der Waals surface area contributed by atoms with Crippen molar-refractivity contribution in [1.29, 1.82) is 0 Å². The molecule has 0 aliphatic carbocycles. The number of hydrogen-bond donors (Lipinski definition) is 1. The average Bonchev–Trinajstić information content (AvgIpc) is 2.38. The van der Waals surface area contributed by atoms with E-state index in [9.17, 15) is 9.59 Å². The lowest BCUT2D eigenvalue weighted by Crippen LogP contribution is -2.40. The summed E-state index contributed by atoms with van der Waals surface area (Å²) in [6, 6.07) is 9.14. The lowest BCUT2D eigenvalue weighted by Gasteiger charge is -2.32. The Labute approximate surface area is 106 Å². The molecule has 4 nitrogen and oxygen atoms in total. The van der Waals surface area contributed by atoms with Crippen LogP contribution in [-0.2, 0) is 4.79 Å². The number of likely N-dealkylation sites (tertiary alicyclic amines) is 1. The first-order chi connectivity index (χ1) is 8.66. The Balaban J connectivity index is 2.00. The standard InChI is InChI=1S/C14H17NO3/c16-13(17)9-11-5-4-8-15(10-11)14(18)12-6-2-1-3-7-12/h1-3,6-7,11H,4-5,8-10H2,(H,16,17)/t11-/m1/s1. The Morgan fingerprint density at radius 1 is 1.28 bits per heavy atom. The maximum Gasteiger partial charge on any atom is 0.303 e. The number of nitrogens with zero attached hydrogens (tertiary/aromatic N) is 1. The van der Waals surface area contributed by atoms with Gasteiger partial charge in [-0.15, -0.1) is 0 Å². The van der Waals surface area contributed by atoms with Crippen molar-refractivity contribution in [1.82, 2.24) is 4.90 Å². The number of benzene rings is 1. The molecule has 96 valence electrons. The van der Waals surface area contributed by atoms with Gasteiger partial charge in [-0.1, -0.05) is 18.2 Å². The Morgan fingerprint density at radius 2 is 2.00 bits per heavy atom. The number of carboxylic acid groups (broad SMARTS) is 1. The third-order valence-electron chi connectivity index (χ3n) is 3.29. The van der Waals surface area contributed by atoms with Gasteiger partial charge in [0.2, 0.25) is 0 Å². The van der Waals surface area contributed by atoms with Crippen LogP contribution in [0.1, 0.15) is 29.6 Å². The molecule has 1 N–H and O–H groups in total. The molecule has 0 aromatic heterocycles. The molecule has 0 radical (unpaired) electrons. The van der Waals surface area contributed by atoms with Gasteiger partial charge >= 0.3 is 5.97 Å². The summed E-state index contributed by atoms with van der Waals surface area (Å²) in [5, 5.41) is 8.80. The van der Waals surface area contributed by atoms with Gasteiger partial charge in [0.25, 0.3) is 5.91 Å². The number of amides is 1. The highest BCUT2D eigenvalue weighted by molar-refractivity contribution is 5.94. The van der Waals surface area contributed by atoms with Crippen molar-refractivity contribution in [2.45, 2.75) is 19.3 Å². The fraction of sp³-hybridized carbons (Fsp3) is 0.429. The van der Waals surface area contributed by atoms with Gasteiger partial charge in [-0.05, 0) is 30.9 Å². The van der Waals surface area contributed by atoms with Crippen LogP contribution in [0, 0.1) is 5.92 Å². The van der Waals surface area contributed by atoms with Crippen LogP contribution in [-0.4, -0.2) is 35.0 Å². The zero-order chi connectivity index (χ0) is 13.0. The van der Waals surface area contributed by atoms with Gasteiger partial charge in [0.05, 0.1) is 0 Å². The number of carboxylic acids is 1. The number of piperidine rings is 1. The van der Waals surface area contributed by atoms with Gasteiger partial charge in [0, 0.05) is 25.1 Å². The zero-order valence-electron chi connectivity index (χ0n) is 10.2. The average molecular weight is 247 g/mol. The minimum absolute atomic E-state index is 0.00527. The van der Waals surface area contributed by atoms with E-state index >= 15 is 0 Å². The zero-order valence-corrected chi connectivity index (χ0v) is 10.2. The van der Waals surface area contributed by atoms with E-state index in [0.29, 0.717) is 12.1 Å². The predicted molar refractivity (Wildman–Crippen MR) is 67.3 cm³/mol. The molecule has 0 saturated carbocycles. The van der Waals surface area contributed by atoms with E-state index in [1.165, 1.54) is 0 Å². The van der Waals surface area contributed by atoms with Crippen LogP contribution in [0.4, 0.5) is 0 Å². The van der Waals surface area contributed by atoms with E-state index in [2.05, 4.69) is 0 Å². The van der Waals surface area contributed by atoms with Crippen molar-refractivity contribution in [3.05, 3.63) is 35.9 Å². The largest absolute Gasteiger partial charge is 0.481 e. The van der Waals surface area contributed by atoms with Gasteiger partial charge < -0.3 is 10.0 Å². The molecule has 4 heteroatoms. The third kappa shape index (κ3) is 3.09. The lowest BCUT2D eigenvalue weighted by molar-refractivity contribution is -0.138. The quantitative estimate of drug-likeness (QED) is 0.889. The SMILES string of the molecule is O=C(O)C[C@H]1CCCN(C(=O)c2ccccc2)C1. The first kappa shape index (κ1) is 12.6. The Hall–Kier alpha value is -1.84. The molecule has 1 aromatic rings. The molecule has 1 aliphatic rings. The van der Waals surface area contributed by atoms with Gasteiger partial charge in [-0.3, -0.25) is 9.59 Å². The summed E-state index contributed by atoms with van der Waals surface area (Å²) in [6.07, 6.45) is 1.93. The minimum atomic E-state index is -0.783. The van der Waals surface area contributed by atoms with Crippen LogP contribution in [0.25, 0.3) is 0 Å². The Morgan fingerprint density at radius 3 is 2.67 bits per heavy atom. The van der Waals surface area contributed by atoms with Crippen LogP contribution < -0.4 is 0 Å². The van der Waals surface area contributed by atoms with Gasteiger partial charge in [0.1, 0.15) is 0 Å². The van der Waals surface area contributed by atoms with Gasteiger partial charge in [0.15, 0.2) is 0 Å². The van der Waals surface area contributed by atoms with Crippen molar-refractivity contribution < 1.29 is 14.7 Å². The van der Waals surface area contributed by atoms with E-state index < -0.39 is 5.97 Å². The summed E-state index contributed by atoms with van der Waals surface area (Å²) in [5.41, 5.74) is 0.675. The number of aliphatic carboxylic acids is 1. The van der Waals surface area contributed by atoms with Crippen molar-refractivity contribution in [3.8, 4) is 0 Å². The minimum Gasteiger partial charge on any atom is -0.481 e. The van der Waals surface area contributed by atoms with Crippen LogP contribution in [0.3, 0.4) is 0 Å². The van der Waals surface area contributed by atoms with Crippen molar-refractivity contribution in [3.63, 3.8) is 0 Å². The highest BCUT2D eigenvalue weighted by atomic mass is 16.4. The fourth-order valence-electron chi connectivity index (χ4n) is 2.43. The van der Waals surface area contributed by atoms with Gasteiger partial charge in [-0.25, -0.2) is 0 Å². The Kier molecular flexibility index (Phi) is 3.97. The summed E-state index contributed by atoms with van der Waals surface area (Å²) in [6.45, 7) is 1.28. The first-order valence-electron chi connectivity index (χ1n) is 6.23. The Bertz CT molecular complexity index is 430. The molecule has 0 unspecified atom stereocenters. The van der Waals surface area contributed by atoms with E-state index in [0.717, 1.165) is 19.4 Å². The smallest absolute Gasteiger partial charge is 0.303 e. The number of carbonyl (C=O) groups excluding carboxylic acids is 1. The number of rotatable bonds is 3. The highest BCUT2D eigenvalue weighted by Gasteiger charge is 2.25.